The number of rotatable bonds is 6. The molecule has 0 aromatic carbocycles. The van der Waals surface area contributed by atoms with E-state index in [1.54, 1.807) is 24.4 Å². The van der Waals surface area contributed by atoms with Gasteiger partial charge in [0.25, 0.3) is 0 Å². The number of carbonyl (C=O) groups excluding carboxylic acids is 1. The number of nitrogens with two attached hydrogens (primary N) is 1. The van der Waals surface area contributed by atoms with Gasteiger partial charge >= 0.3 is 6.03 Å². The highest BCUT2D eigenvalue weighted by Gasteiger charge is 2.46. The van der Waals surface area contributed by atoms with Crippen LogP contribution in [0.3, 0.4) is 0 Å². The Bertz CT molecular complexity index is 929. The third kappa shape index (κ3) is 4.77. The van der Waals surface area contributed by atoms with Crippen LogP contribution < -0.4 is 16.4 Å². The van der Waals surface area contributed by atoms with Crippen LogP contribution in [0.5, 0.6) is 0 Å². The number of nitrogens with zero attached hydrogens (tertiary/aromatic N) is 2. The number of carbonyl (C=O) groups is 1. The second-order valence-electron chi connectivity index (χ2n) is 7.93. The SMILES string of the molecule is C/C(=C\C=C\NC(=O)NC1CCC1)c1nc(N)cc(C2(S(C)(=O)=O)CCCC2)n1. The second kappa shape index (κ2) is 8.52. The lowest BCUT2D eigenvalue weighted by atomic mass is 9.93. The Hall–Kier alpha value is -2.42. The smallest absolute Gasteiger partial charge is 0.318 e. The number of hydrogen-bond acceptors (Lipinski definition) is 6. The van der Waals surface area contributed by atoms with Gasteiger partial charge in [0, 0.05) is 24.6 Å². The molecule has 0 unspecified atom stereocenters. The van der Waals surface area contributed by atoms with E-state index in [1.807, 2.05) is 6.92 Å². The molecule has 3 rings (SSSR count). The lowest BCUT2D eigenvalue weighted by Gasteiger charge is -2.26. The van der Waals surface area contributed by atoms with Crippen molar-refractivity contribution in [3.63, 3.8) is 0 Å². The monoisotopic (exact) mass is 419 g/mol. The zero-order chi connectivity index (χ0) is 21.1. The predicted molar refractivity (Wildman–Crippen MR) is 114 cm³/mol. The molecule has 2 amide bonds. The van der Waals surface area contributed by atoms with Crippen molar-refractivity contribution in [2.24, 2.45) is 0 Å². The number of anilines is 1. The van der Waals surface area contributed by atoms with Crippen LogP contribution in [0.15, 0.2) is 24.4 Å². The van der Waals surface area contributed by atoms with Crippen molar-refractivity contribution in [3.05, 3.63) is 35.9 Å². The minimum atomic E-state index is -3.35. The van der Waals surface area contributed by atoms with Crippen molar-refractivity contribution >= 4 is 27.3 Å². The summed E-state index contributed by atoms with van der Waals surface area (Å²) in [5.74, 6) is 0.633. The highest BCUT2D eigenvalue weighted by molar-refractivity contribution is 7.91. The van der Waals surface area contributed by atoms with Crippen molar-refractivity contribution < 1.29 is 13.2 Å². The number of amides is 2. The van der Waals surface area contributed by atoms with Crippen molar-refractivity contribution in [1.82, 2.24) is 20.6 Å². The fourth-order valence-electron chi connectivity index (χ4n) is 3.81. The van der Waals surface area contributed by atoms with Gasteiger partial charge in [0.2, 0.25) is 0 Å². The van der Waals surface area contributed by atoms with E-state index in [1.165, 1.54) is 6.26 Å². The molecule has 29 heavy (non-hydrogen) atoms. The van der Waals surface area contributed by atoms with Crippen LogP contribution in [-0.2, 0) is 14.6 Å². The third-order valence-corrected chi connectivity index (χ3v) is 7.82. The Morgan fingerprint density at radius 2 is 1.93 bits per heavy atom. The van der Waals surface area contributed by atoms with Gasteiger partial charge in [-0.15, -0.1) is 0 Å². The van der Waals surface area contributed by atoms with E-state index in [0.29, 0.717) is 24.4 Å². The first kappa shape index (κ1) is 21.3. The van der Waals surface area contributed by atoms with E-state index in [-0.39, 0.29) is 17.9 Å². The van der Waals surface area contributed by atoms with Crippen LogP contribution in [0.4, 0.5) is 10.6 Å². The van der Waals surface area contributed by atoms with E-state index < -0.39 is 14.6 Å². The van der Waals surface area contributed by atoms with Crippen molar-refractivity contribution in [2.75, 3.05) is 12.0 Å². The molecule has 2 aliphatic rings. The van der Waals surface area contributed by atoms with E-state index >= 15 is 0 Å². The van der Waals surface area contributed by atoms with Crippen LogP contribution in [0.25, 0.3) is 5.57 Å². The van der Waals surface area contributed by atoms with Crippen molar-refractivity contribution in [3.8, 4) is 0 Å². The summed E-state index contributed by atoms with van der Waals surface area (Å²) in [5.41, 5.74) is 7.16. The topological polar surface area (TPSA) is 127 Å². The fourth-order valence-corrected chi connectivity index (χ4v) is 5.32. The van der Waals surface area contributed by atoms with E-state index in [2.05, 4.69) is 20.6 Å². The number of urea groups is 1. The lowest BCUT2D eigenvalue weighted by molar-refractivity contribution is 0.231. The first-order valence-corrected chi connectivity index (χ1v) is 11.9. The molecule has 1 aromatic rings. The van der Waals surface area contributed by atoms with E-state index in [9.17, 15) is 13.2 Å². The maximum atomic E-state index is 12.6. The first-order chi connectivity index (χ1) is 13.7. The van der Waals surface area contributed by atoms with E-state index in [4.69, 9.17) is 5.73 Å². The molecule has 0 saturated heterocycles. The molecular weight excluding hydrogens is 390 g/mol. The summed E-state index contributed by atoms with van der Waals surface area (Å²) in [7, 11) is -3.35. The maximum absolute atomic E-state index is 12.6. The third-order valence-electron chi connectivity index (χ3n) is 5.78. The van der Waals surface area contributed by atoms with Gasteiger partial charge in [-0.2, -0.15) is 0 Å². The molecule has 0 aliphatic heterocycles. The molecule has 8 nitrogen and oxygen atoms in total. The average molecular weight is 420 g/mol. The average Bonchev–Trinajstić information content (AvgIpc) is 3.12. The number of sulfone groups is 1. The number of allylic oxidation sites excluding steroid dienone is 3. The van der Waals surface area contributed by atoms with Gasteiger partial charge in [-0.05, 0) is 50.7 Å². The summed E-state index contributed by atoms with van der Waals surface area (Å²) in [6, 6.07) is 1.62. The molecular formula is C20H29N5O3S. The molecule has 1 heterocycles. The van der Waals surface area contributed by atoms with Gasteiger partial charge in [-0.1, -0.05) is 18.9 Å². The number of hydrogen-bond donors (Lipinski definition) is 3. The van der Waals surface area contributed by atoms with Crippen LogP contribution in [0.2, 0.25) is 0 Å². The Labute approximate surface area is 172 Å². The first-order valence-electron chi connectivity index (χ1n) is 9.97. The summed E-state index contributed by atoms with van der Waals surface area (Å²) in [4.78, 5) is 20.5. The molecule has 2 saturated carbocycles. The van der Waals surface area contributed by atoms with Gasteiger partial charge in [0.1, 0.15) is 10.6 Å². The Morgan fingerprint density at radius 1 is 1.24 bits per heavy atom. The normalized spacial score (nSPS) is 19.9. The van der Waals surface area contributed by atoms with Crippen LogP contribution >= 0.6 is 0 Å². The largest absolute Gasteiger partial charge is 0.384 e. The van der Waals surface area contributed by atoms with Gasteiger partial charge < -0.3 is 16.4 Å². The quantitative estimate of drug-likeness (QED) is 0.608. The van der Waals surface area contributed by atoms with Gasteiger partial charge in [0.05, 0.1) is 5.69 Å². The molecule has 2 aliphatic carbocycles. The number of nitrogen functional groups attached to an aromatic ring is 1. The van der Waals surface area contributed by atoms with Crippen molar-refractivity contribution in [1.29, 1.82) is 0 Å². The van der Waals surface area contributed by atoms with Gasteiger partial charge in [-0.3, -0.25) is 0 Å². The molecule has 2 fully saturated rings. The molecule has 0 bridgehead atoms. The molecule has 9 heteroatoms. The van der Waals surface area contributed by atoms with Crippen LogP contribution in [0, 0.1) is 0 Å². The standard InChI is InChI=1S/C20H29N5O3S/c1-14(7-6-12-22-19(26)23-15-8-5-9-15)18-24-16(13-17(21)25-18)20(29(2,27)28)10-3-4-11-20/h6-7,12-13,15H,3-5,8-11H2,1-2H3,(H2,21,24,25)(H2,22,23,26)/b12-6+,14-7+. The lowest BCUT2D eigenvalue weighted by Crippen LogP contribution is -2.43. The second-order valence-corrected chi connectivity index (χ2v) is 10.3. The fraction of sp³-hybridized carbons (Fsp3) is 0.550. The summed E-state index contributed by atoms with van der Waals surface area (Å²) >= 11 is 0. The number of aromatic nitrogens is 2. The molecule has 0 atom stereocenters. The minimum absolute atomic E-state index is 0.226. The van der Waals surface area contributed by atoms with E-state index in [0.717, 1.165) is 37.7 Å². The summed E-state index contributed by atoms with van der Waals surface area (Å²) in [6.45, 7) is 1.82. The summed E-state index contributed by atoms with van der Waals surface area (Å²) in [5, 5.41) is 5.54. The van der Waals surface area contributed by atoms with Gasteiger partial charge in [-0.25, -0.2) is 23.2 Å². The molecule has 1 aromatic heterocycles. The molecule has 4 N–H and O–H groups in total. The van der Waals surface area contributed by atoms with Crippen LogP contribution in [-0.4, -0.2) is 36.7 Å². The highest BCUT2D eigenvalue weighted by atomic mass is 32.2. The molecule has 158 valence electrons. The Kier molecular flexibility index (Phi) is 6.26. The zero-order valence-electron chi connectivity index (χ0n) is 16.9. The number of nitrogens with one attached hydrogen (secondary N) is 2. The van der Waals surface area contributed by atoms with Crippen LogP contribution in [0.1, 0.15) is 63.4 Å². The Balaban J connectivity index is 1.75. The zero-order valence-corrected chi connectivity index (χ0v) is 17.8. The summed E-state index contributed by atoms with van der Waals surface area (Å²) < 4.78 is 24.1. The maximum Gasteiger partial charge on any atom is 0.318 e. The highest BCUT2D eigenvalue weighted by Crippen LogP contribution is 2.44. The minimum Gasteiger partial charge on any atom is -0.384 e. The van der Waals surface area contributed by atoms with Gasteiger partial charge in [0.15, 0.2) is 15.7 Å². The molecule has 0 radical (unpaired) electrons. The van der Waals surface area contributed by atoms with Crippen molar-refractivity contribution in [2.45, 2.75) is 62.7 Å². The molecule has 0 spiro atoms. The summed E-state index contributed by atoms with van der Waals surface area (Å²) in [6.07, 6.45) is 12.2. The predicted octanol–water partition coefficient (Wildman–Crippen LogP) is 2.64. The Morgan fingerprint density at radius 3 is 2.52 bits per heavy atom.